The second kappa shape index (κ2) is 12.4. The summed E-state index contributed by atoms with van der Waals surface area (Å²) in [5.74, 6) is 0.625. The molecule has 0 aliphatic carbocycles. The fourth-order valence-electron chi connectivity index (χ4n) is 8.79. The molecule has 57 heavy (non-hydrogen) atoms. The van der Waals surface area contributed by atoms with E-state index in [9.17, 15) is 0 Å². The number of para-hydroxylation sites is 4. The molecule has 0 saturated carbocycles. The zero-order chi connectivity index (χ0) is 37.5. The van der Waals surface area contributed by atoms with Crippen LogP contribution in [0.15, 0.2) is 199 Å². The first-order chi connectivity index (χ1) is 28.3. The van der Waals surface area contributed by atoms with Gasteiger partial charge in [-0.05, 0) is 42.0 Å². The van der Waals surface area contributed by atoms with Gasteiger partial charge in [0.15, 0.2) is 0 Å². The number of fused-ring (bicyclic) bond motifs is 10. The summed E-state index contributed by atoms with van der Waals surface area (Å²) in [7, 11) is 0. The lowest BCUT2D eigenvalue weighted by Gasteiger charge is -2.14. The van der Waals surface area contributed by atoms with Crippen LogP contribution in [0.2, 0.25) is 0 Å². The molecule has 0 N–H and O–H groups in total. The summed E-state index contributed by atoms with van der Waals surface area (Å²) < 4.78 is 11.1. The second-order valence-electron chi connectivity index (χ2n) is 14.6. The maximum Gasteiger partial charge on any atom is 0.235 e. The largest absolute Gasteiger partial charge is 0.455 e. The summed E-state index contributed by atoms with van der Waals surface area (Å²) >= 11 is 0. The van der Waals surface area contributed by atoms with E-state index in [1.807, 2.05) is 24.3 Å². The Hall–Kier alpha value is -7.76. The van der Waals surface area contributed by atoms with Gasteiger partial charge >= 0.3 is 0 Å². The van der Waals surface area contributed by atoms with Gasteiger partial charge in [0.1, 0.15) is 11.2 Å². The minimum absolute atomic E-state index is 0.625. The van der Waals surface area contributed by atoms with Crippen molar-refractivity contribution in [3.8, 4) is 45.3 Å². The zero-order valence-corrected chi connectivity index (χ0v) is 30.7. The maximum absolute atomic E-state index is 6.44. The molecule has 4 aromatic heterocycles. The maximum atomic E-state index is 6.44. The van der Waals surface area contributed by atoms with E-state index in [-0.39, 0.29) is 0 Å². The molecule has 0 aliphatic heterocycles. The highest BCUT2D eigenvalue weighted by atomic mass is 16.3. The van der Waals surface area contributed by atoms with E-state index in [1.54, 1.807) is 0 Å². The molecule has 8 aromatic carbocycles. The number of nitrogens with zero attached hydrogens (tertiary/aromatic N) is 4. The minimum atomic E-state index is 0.625. The summed E-state index contributed by atoms with van der Waals surface area (Å²) in [6.45, 7) is 0. The Morgan fingerprint density at radius 2 is 0.895 bits per heavy atom. The smallest absolute Gasteiger partial charge is 0.235 e. The third-order valence-electron chi connectivity index (χ3n) is 11.4. The average Bonchev–Trinajstić information content (AvgIpc) is 3.95. The fourth-order valence-corrected chi connectivity index (χ4v) is 8.79. The Bertz CT molecular complexity index is 3450. The van der Waals surface area contributed by atoms with Crippen LogP contribution < -0.4 is 0 Å². The van der Waals surface area contributed by atoms with Crippen LogP contribution >= 0.6 is 0 Å². The molecule has 0 bridgehead atoms. The van der Waals surface area contributed by atoms with Gasteiger partial charge in [-0.15, -0.1) is 0 Å². The van der Waals surface area contributed by atoms with Gasteiger partial charge in [-0.2, -0.15) is 0 Å². The summed E-state index contributed by atoms with van der Waals surface area (Å²) in [6, 6.07) is 68.3. The number of furan rings is 1. The minimum Gasteiger partial charge on any atom is -0.455 e. The van der Waals surface area contributed by atoms with E-state index in [2.05, 4.69) is 179 Å². The van der Waals surface area contributed by atoms with E-state index in [4.69, 9.17) is 14.4 Å². The van der Waals surface area contributed by atoms with Crippen molar-refractivity contribution in [3.05, 3.63) is 194 Å². The third-order valence-corrected chi connectivity index (χ3v) is 11.4. The van der Waals surface area contributed by atoms with Crippen molar-refractivity contribution in [3.63, 3.8) is 0 Å². The van der Waals surface area contributed by atoms with Crippen molar-refractivity contribution >= 4 is 65.6 Å². The molecule has 0 atom stereocenters. The molecule has 0 aliphatic rings. The number of aromatic nitrogens is 4. The van der Waals surface area contributed by atoms with Gasteiger partial charge in [-0.25, -0.2) is 9.97 Å². The van der Waals surface area contributed by atoms with E-state index in [0.29, 0.717) is 5.95 Å². The van der Waals surface area contributed by atoms with Gasteiger partial charge < -0.3 is 8.98 Å². The molecule has 266 valence electrons. The van der Waals surface area contributed by atoms with Crippen LogP contribution in [0.3, 0.4) is 0 Å². The zero-order valence-electron chi connectivity index (χ0n) is 30.7. The van der Waals surface area contributed by atoms with Crippen LogP contribution in [0.25, 0.3) is 111 Å². The number of hydrogen-bond acceptors (Lipinski definition) is 3. The molecule has 5 heteroatoms. The topological polar surface area (TPSA) is 48.8 Å². The van der Waals surface area contributed by atoms with E-state index in [0.717, 1.165) is 94.1 Å². The van der Waals surface area contributed by atoms with E-state index >= 15 is 0 Å². The lowest BCUT2D eigenvalue weighted by molar-refractivity contribution is 0.670. The predicted molar refractivity (Wildman–Crippen MR) is 234 cm³/mol. The van der Waals surface area contributed by atoms with Gasteiger partial charge in [0.05, 0.1) is 33.5 Å². The normalized spacial score (nSPS) is 11.9. The Morgan fingerprint density at radius 3 is 1.54 bits per heavy atom. The Morgan fingerprint density at radius 1 is 0.368 bits per heavy atom. The molecule has 0 amide bonds. The molecule has 5 nitrogen and oxygen atoms in total. The van der Waals surface area contributed by atoms with Crippen LogP contribution in [-0.2, 0) is 0 Å². The quantitative estimate of drug-likeness (QED) is 0.177. The van der Waals surface area contributed by atoms with Crippen LogP contribution in [0.5, 0.6) is 0 Å². The number of hydrogen-bond donors (Lipinski definition) is 0. The number of rotatable bonds is 5. The monoisotopic (exact) mass is 728 g/mol. The molecule has 0 saturated heterocycles. The molecule has 4 heterocycles. The van der Waals surface area contributed by atoms with Crippen LogP contribution in [-0.4, -0.2) is 19.1 Å². The summed E-state index contributed by atoms with van der Waals surface area (Å²) in [4.78, 5) is 10.7. The van der Waals surface area contributed by atoms with E-state index < -0.39 is 0 Å². The molecule has 12 aromatic rings. The lowest BCUT2D eigenvalue weighted by Crippen LogP contribution is -2.05. The molecule has 0 unspecified atom stereocenters. The van der Waals surface area contributed by atoms with Gasteiger partial charge in [-0.3, -0.25) is 4.57 Å². The highest BCUT2D eigenvalue weighted by Crippen LogP contribution is 2.42. The first kappa shape index (κ1) is 31.6. The van der Waals surface area contributed by atoms with Crippen LogP contribution in [0, 0.1) is 0 Å². The summed E-state index contributed by atoms with van der Waals surface area (Å²) in [6.07, 6.45) is 0. The second-order valence-corrected chi connectivity index (χ2v) is 14.6. The fraction of sp³-hybridized carbons (Fsp3) is 0. The van der Waals surface area contributed by atoms with Crippen molar-refractivity contribution in [2.75, 3.05) is 0 Å². The molecule has 12 rings (SSSR count). The van der Waals surface area contributed by atoms with Gasteiger partial charge in [0.2, 0.25) is 5.95 Å². The third kappa shape index (κ3) is 4.82. The van der Waals surface area contributed by atoms with Crippen molar-refractivity contribution in [2.45, 2.75) is 0 Å². The molecular weight excluding hydrogens is 697 g/mol. The van der Waals surface area contributed by atoms with Crippen LogP contribution in [0.4, 0.5) is 0 Å². The highest BCUT2D eigenvalue weighted by Gasteiger charge is 2.23. The summed E-state index contributed by atoms with van der Waals surface area (Å²) in [5, 5.41) is 6.90. The molecule has 0 fully saturated rings. The standard InChI is InChI=1S/C52H32N4O/c1-3-14-34(15-4-1)44-32-45(35-16-5-2-6-17-35)54-52(53-44)56-47-24-11-8-19-39(47)42-31-30-41-38-18-7-10-23-46(38)55(49(41)50(42)56)36-28-26-33(27-29-36)37-21-13-22-43-40-20-9-12-25-48(40)57-51(37)43/h1-32H. The average molecular weight is 729 g/mol. The van der Waals surface area contributed by atoms with Crippen molar-refractivity contribution in [2.24, 2.45) is 0 Å². The molecular formula is C52H32N4O. The molecule has 0 radical (unpaired) electrons. The van der Waals surface area contributed by atoms with Gasteiger partial charge in [0, 0.05) is 54.7 Å². The van der Waals surface area contributed by atoms with Crippen molar-refractivity contribution < 1.29 is 4.42 Å². The Balaban J connectivity index is 1.14. The molecule has 0 spiro atoms. The van der Waals surface area contributed by atoms with Crippen molar-refractivity contribution in [1.29, 1.82) is 0 Å². The van der Waals surface area contributed by atoms with Gasteiger partial charge in [0.25, 0.3) is 0 Å². The summed E-state index contributed by atoms with van der Waals surface area (Å²) in [5.41, 5.74) is 13.2. The first-order valence-electron chi connectivity index (χ1n) is 19.3. The first-order valence-corrected chi connectivity index (χ1v) is 19.3. The number of benzene rings is 8. The Labute approximate surface area is 327 Å². The predicted octanol–water partition coefficient (Wildman–Crippen LogP) is 13.6. The SMILES string of the molecule is c1ccc(-c2cc(-c3ccccc3)nc(-n3c4ccccc4c4ccc5c6ccccc6n(-c6ccc(-c7cccc8c7oc7ccccc78)cc6)c5c43)n2)cc1. The van der Waals surface area contributed by atoms with E-state index in [1.165, 1.54) is 10.8 Å². The Kier molecular flexibility index (Phi) is 6.86. The highest BCUT2D eigenvalue weighted by molar-refractivity contribution is 6.23. The lowest BCUT2D eigenvalue weighted by atomic mass is 10.0. The van der Waals surface area contributed by atoms with Gasteiger partial charge in [-0.1, -0.05) is 158 Å². The van der Waals surface area contributed by atoms with Crippen LogP contribution in [0.1, 0.15) is 0 Å². The van der Waals surface area contributed by atoms with Crippen molar-refractivity contribution in [1.82, 2.24) is 19.1 Å².